The third-order valence-corrected chi connectivity index (χ3v) is 9.11. The highest BCUT2D eigenvalue weighted by Crippen LogP contribution is 2.52. The number of aliphatic hydroxyl groups excluding tert-OH is 1. The number of ether oxygens (including phenoxy) is 3. The predicted molar refractivity (Wildman–Crippen MR) is 170 cm³/mol. The Bertz CT molecular complexity index is 1770. The van der Waals surface area contributed by atoms with Gasteiger partial charge in [-0.1, -0.05) is 31.2 Å². The second-order valence-electron chi connectivity index (χ2n) is 13.0. The number of benzene rings is 2. The van der Waals surface area contributed by atoms with E-state index in [0.717, 1.165) is 0 Å². The summed E-state index contributed by atoms with van der Waals surface area (Å²) < 4.78 is 56.1. The van der Waals surface area contributed by atoms with Gasteiger partial charge in [-0.15, -0.1) is 0 Å². The summed E-state index contributed by atoms with van der Waals surface area (Å²) in [6, 6.07) is 4.19. The maximum absolute atomic E-state index is 13.6. The number of phenolic OH excluding ortho intramolecular Hbond substituents is 2. The highest BCUT2D eigenvalue weighted by molar-refractivity contribution is 6.30. The van der Waals surface area contributed by atoms with Crippen molar-refractivity contribution in [2.24, 2.45) is 0 Å². The number of carbonyl (C=O) groups is 5. The zero-order chi connectivity index (χ0) is 38.1. The van der Waals surface area contributed by atoms with E-state index < -0.39 is 114 Å². The second-order valence-corrected chi connectivity index (χ2v) is 13.0. The van der Waals surface area contributed by atoms with Crippen LogP contribution in [-0.2, 0) is 30.2 Å². The van der Waals surface area contributed by atoms with E-state index in [1.807, 2.05) is 6.92 Å². The summed E-state index contributed by atoms with van der Waals surface area (Å²) in [5.41, 5.74) is -3.77. The van der Waals surface area contributed by atoms with Crippen molar-refractivity contribution in [2.75, 3.05) is 19.7 Å². The van der Waals surface area contributed by atoms with Gasteiger partial charge in [-0.2, -0.15) is 13.2 Å². The number of alkyl carbamates (subject to hydrolysis) is 1. The molecule has 3 amide bonds. The van der Waals surface area contributed by atoms with Crippen LogP contribution >= 0.6 is 0 Å². The quantitative estimate of drug-likeness (QED) is 0.148. The number of hydrogen-bond acceptors (Lipinski definition) is 12. The Morgan fingerprint density at radius 2 is 1.65 bits per heavy atom. The molecule has 5 rings (SSSR count). The van der Waals surface area contributed by atoms with Crippen LogP contribution in [0.25, 0.3) is 0 Å². The van der Waals surface area contributed by atoms with E-state index >= 15 is 0 Å². The molecule has 0 spiro atoms. The molecule has 0 unspecified atom stereocenters. The highest BCUT2D eigenvalue weighted by atomic mass is 19.4. The Hall–Kier alpha value is -4.78. The average Bonchev–Trinajstić information content (AvgIpc) is 3.08. The van der Waals surface area contributed by atoms with Gasteiger partial charge in [-0.3, -0.25) is 19.2 Å². The number of phenols is 2. The van der Waals surface area contributed by atoms with Crippen LogP contribution in [0.3, 0.4) is 0 Å². The van der Waals surface area contributed by atoms with Crippen LogP contribution in [0.1, 0.15) is 88.6 Å². The summed E-state index contributed by atoms with van der Waals surface area (Å²) in [6.07, 6.45) is -13.1. The van der Waals surface area contributed by atoms with Crippen molar-refractivity contribution in [3.05, 3.63) is 57.6 Å². The lowest BCUT2D eigenvalue weighted by molar-refractivity contribution is -0.252. The molecular formula is C34H38F3N3O12. The molecule has 2 aliphatic carbocycles. The van der Waals surface area contributed by atoms with Gasteiger partial charge in [0.25, 0.3) is 0 Å². The molecule has 15 nitrogen and oxygen atoms in total. The van der Waals surface area contributed by atoms with Crippen molar-refractivity contribution in [2.45, 2.75) is 88.4 Å². The lowest BCUT2D eigenvalue weighted by Crippen LogP contribution is -2.57. The summed E-state index contributed by atoms with van der Waals surface area (Å²) in [5, 5.41) is 52.2. The molecule has 52 heavy (non-hydrogen) atoms. The van der Waals surface area contributed by atoms with Gasteiger partial charge >= 0.3 is 18.2 Å². The highest BCUT2D eigenvalue weighted by Gasteiger charge is 2.49. The Kier molecular flexibility index (Phi) is 11.1. The van der Waals surface area contributed by atoms with Gasteiger partial charge in [0.1, 0.15) is 29.8 Å². The Morgan fingerprint density at radius 1 is 1.02 bits per heavy atom. The van der Waals surface area contributed by atoms with Crippen molar-refractivity contribution in [3.63, 3.8) is 0 Å². The number of alkyl halides is 3. The Morgan fingerprint density at radius 3 is 2.27 bits per heavy atom. The molecule has 0 bridgehead atoms. The second kappa shape index (κ2) is 15.1. The molecular weight excluding hydrogens is 699 g/mol. The molecule has 282 valence electrons. The number of nitrogens with one attached hydrogen (secondary N) is 3. The fourth-order valence-electron chi connectivity index (χ4n) is 6.58. The Balaban J connectivity index is 1.46. The maximum atomic E-state index is 13.6. The first-order valence-corrected chi connectivity index (χ1v) is 16.5. The molecule has 0 radical (unpaired) electrons. The zero-order valence-electron chi connectivity index (χ0n) is 28.0. The van der Waals surface area contributed by atoms with Crippen LogP contribution in [0.2, 0.25) is 0 Å². The topological polar surface area (TPSA) is 230 Å². The maximum Gasteiger partial charge on any atom is 0.471 e. The van der Waals surface area contributed by atoms with Crippen LogP contribution in [0.5, 0.6) is 11.5 Å². The van der Waals surface area contributed by atoms with E-state index in [9.17, 15) is 57.6 Å². The number of fused-ring (bicyclic) bond motifs is 3. The van der Waals surface area contributed by atoms with Gasteiger partial charge in [0.15, 0.2) is 17.9 Å². The molecule has 2 aromatic rings. The SMILES string of the molecule is CCCNC(=O)CCNC(=O)OC[C@]1(O)Cc2c(O)c3c(c(O)c2[C@@H](O[C@H]2C[C@H](NC(=O)C(F)(F)F)[C@H](O)[C@H](C)O2)C1)C(=O)c1ccccc1C3=O. The largest absolute Gasteiger partial charge is 0.507 e. The third kappa shape index (κ3) is 7.84. The predicted octanol–water partition coefficient (Wildman–Crippen LogP) is 1.79. The number of amides is 3. The van der Waals surface area contributed by atoms with Gasteiger partial charge in [0, 0.05) is 61.0 Å². The minimum atomic E-state index is -5.27. The molecule has 18 heteroatoms. The van der Waals surface area contributed by atoms with Crippen LogP contribution in [0.4, 0.5) is 18.0 Å². The lowest BCUT2D eigenvalue weighted by Gasteiger charge is -2.43. The fraction of sp³-hybridized carbons (Fsp3) is 0.500. The van der Waals surface area contributed by atoms with Gasteiger partial charge in [0.2, 0.25) is 5.91 Å². The molecule has 1 aliphatic heterocycles. The number of aromatic hydroxyl groups is 2. The summed E-state index contributed by atoms with van der Waals surface area (Å²) in [5.74, 6) is -5.78. The minimum Gasteiger partial charge on any atom is -0.507 e. The number of carbonyl (C=O) groups excluding carboxylic acids is 5. The van der Waals surface area contributed by atoms with Crippen molar-refractivity contribution in [1.29, 1.82) is 0 Å². The molecule has 6 atom stereocenters. The van der Waals surface area contributed by atoms with Gasteiger partial charge in [-0.05, 0) is 13.3 Å². The molecule has 2 aromatic carbocycles. The number of hydrogen-bond donors (Lipinski definition) is 7. The van der Waals surface area contributed by atoms with Crippen molar-refractivity contribution in [3.8, 4) is 11.5 Å². The summed E-state index contributed by atoms with van der Waals surface area (Å²) in [7, 11) is 0. The first kappa shape index (κ1) is 38.5. The van der Waals surface area contributed by atoms with Gasteiger partial charge in [-0.25, -0.2) is 4.79 Å². The first-order chi connectivity index (χ1) is 24.5. The van der Waals surface area contributed by atoms with Gasteiger partial charge in [0.05, 0.1) is 29.4 Å². The van der Waals surface area contributed by atoms with E-state index in [0.29, 0.717) is 13.0 Å². The van der Waals surface area contributed by atoms with Crippen LogP contribution in [0.15, 0.2) is 24.3 Å². The van der Waals surface area contributed by atoms with E-state index in [1.54, 1.807) is 5.32 Å². The third-order valence-electron chi connectivity index (χ3n) is 9.11. The number of halogens is 3. The smallest absolute Gasteiger partial charge is 0.471 e. The molecule has 7 N–H and O–H groups in total. The number of rotatable bonds is 10. The molecule has 3 aliphatic rings. The lowest BCUT2D eigenvalue weighted by atomic mass is 9.73. The van der Waals surface area contributed by atoms with E-state index in [2.05, 4.69) is 10.6 Å². The summed E-state index contributed by atoms with van der Waals surface area (Å²) in [6.45, 7) is 2.77. The summed E-state index contributed by atoms with van der Waals surface area (Å²) >= 11 is 0. The molecule has 1 heterocycles. The van der Waals surface area contributed by atoms with Crippen LogP contribution < -0.4 is 16.0 Å². The van der Waals surface area contributed by atoms with E-state index in [4.69, 9.17) is 14.2 Å². The van der Waals surface area contributed by atoms with E-state index in [1.165, 1.54) is 31.2 Å². The van der Waals surface area contributed by atoms with Crippen LogP contribution in [0, 0.1) is 0 Å². The average molecular weight is 738 g/mol. The van der Waals surface area contributed by atoms with Crippen molar-refractivity contribution in [1.82, 2.24) is 16.0 Å². The number of aliphatic hydroxyl groups is 2. The molecule has 0 aromatic heterocycles. The Labute approximate surface area is 294 Å². The minimum absolute atomic E-state index is 0.0491. The van der Waals surface area contributed by atoms with Crippen molar-refractivity contribution < 1.29 is 71.8 Å². The monoisotopic (exact) mass is 737 g/mol. The standard InChI is InChI=1S/C34H38F3N3O12/c1-3-9-38-21(41)8-10-39-32(48)50-14-33(49)12-18-23(30(46)25-24(29(18)45)27(43)16-6-4-5-7-17(16)28(25)44)20(13-33)52-22-11-19(26(42)15(2)51-22)40-31(47)34(35,36)37/h4-7,15,19-20,22,26,42,45-46,49H,3,8-14H2,1-2H3,(H,38,41)(H,39,48)(H,40,47)/t15-,19-,20-,22-,26+,33-/m0/s1. The van der Waals surface area contributed by atoms with E-state index in [-0.39, 0.29) is 41.1 Å². The molecule has 1 fully saturated rings. The van der Waals surface area contributed by atoms with Gasteiger partial charge < -0.3 is 50.6 Å². The zero-order valence-corrected chi connectivity index (χ0v) is 28.0. The fourth-order valence-corrected chi connectivity index (χ4v) is 6.58. The summed E-state index contributed by atoms with van der Waals surface area (Å²) in [4.78, 5) is 63.2. The van der Waals surface area contributed by atoms with Crippen molar-refractivity contribution >= 4 is 29.5 Å². The molecule has 1 saturated heterocycles. The number of ketones is 2. The molecule has 0 saturated carbocycles. The van der Waals surface area contributed by atoms with Crippen LogP contribution in [-0.4, -0.2) is 106 Å². The first-order valence-electron chi connectivity index (χ1n) is 16.5. The normalized spacial score (nSPS) is 25.3.